The first-order valence-corrected chi connectivity index (χ1v) is 6.65. The molecule has 5 nitrogen and oxygen atoms in total. The Labute approximate surface area is 123 Å². The van der Waals surface area contributed by atoms with E-state index < -0.39 is 0 Å². The summed E-state index contributed by atoms with van der Waals surface area (Å²) < 4.78 is 4.98. The monoisotopic (exact) mass is 292 g/mol. The highest BCUT2D eigenvalue weighted by Gasteiger charge is 2.03. The predicted molar refractivity (Wildman–Crippen MR) is 81.9 cm³/mol. The third kappa shape index (κ3) is 4.08. The molecule has 2 aromatic rings. The van der Waals surface area contributed by atoms with Crippen molar-refractivity contribution >= 4 is 28.9 Å². The molecule has 0 aliphatic carbocycles. The molecule has 1 aromatic heterocycles. The van der Waals surface area contributed by atoms with Crippen LogP contribution in [0.15, 0.2) is 30.6 Å². The second-order valence-corrected chi connectivity index (χ2v) is 4.73. The highest BCUT2D eigenvalue weighted by atomic mass is 35.5. The van der Waals surface area contributed by atoms with Crippen molar-refractivity contribution in [3.05, 3.63) is 41.2 Å². The van der Waals surface area contributed by atoms with E-state index >= 15 is 0 Å². The number of aryl methyl sites for hydroxylation is 1. The maximum atomic E-state index is 6.00. The number of anilines is 3. The van der Waals surface area contributed by atoms with Gasteiger partial charge in [-0.1, -0.05) is 17.7 Å². The van der Waals surface area contributed by atoms with Crippen LogP contribution in [-0.2, 0) is 4.74 Å². The molecular formula is C14H17ClN4O. The SMILES string of the molecule is COCCNc1cc(Nc2cc(Cl)ccc2C)ncn1. The third-order valence-electron chi connectivity index (χ3n) is 2.74. The summed E-state index contributed by atoms with van der Waals surface area (Å²) in [4.78, 5) is 8.35. The molecule has 0 saturated heterocycles. The lowest BCUT2D eigenvalue weighted by Crippen LogP contribution is -2.09. The molecule has 1 heterocycles. The molecule has 2 rings (SSSR count). The summed E-state index contributed by atoms with van der Waals surface area (Å²) in [6.07, 6.45) is 1.51. The Morgan fingerprint density at radius 2 is 2.00 bits per heavy atom. The van der Waals surface area contributed by atoms with Gasteiger partial charge in [-0.15, -0.1) is 0 Å². The van der Waals surface area contributed by atoms with Crippen LogP contribution in [0.25, 0.3) is 0 Å². The van der Waals surface area contributed by atoms with E-state index in [9.17, 15) is 0 Å². The number of aromatic nitrogens is 2. The summed E-state index contributed by atoms with van der Waals surface area (Å²) in [5.74, 6) is 1.46. The van der Waals surface area contributed by atoms with Crippen molar-refractivity contribution in [3.63, 3.8) is 0 Å². The maximum Gasteiger partial charge on any atom is 0.135 e. The van der Waals surface area contributed by atoms with Gasteiger partial charge in [0, 0.05) is 30.4 Å². The van der Waals surface area contributed by atoms with Gasteiger partial charge in [0.15, 0.2) is 0 Å². The fourth-order valence-corrected chi connectivity index (χ4v) is 1.84. The molecule has 106 valence electrons. The summed E-state index contributed by atoms with van der Waals surface area (Å²) in [5.41, 5.74) is 2.03. The van der Waals surface area contributed by atoms with Gasteiger partial charge in [-0.2, -0.15) is 0 Å². The first-order chi connectivity index (χ1) is 9.69. The number of nitrogens with one attached hydrogen (secondary N) is 2. The largest absolute Gasteiger partial charge is 0.383 e. The summed E-state index contributed by atoms with van der Waals surface area (Å²) in [5, 5.41) is 7.08. The lowest BCUT2D eigenvalue weighted by atomic mass is 10.2. The minimum absolute atomic E-state index is 0.625. The Morgan fingerprint density at radius 3 is 2.80 bits per heavy atom. The minimum atomic E-state index is 0.625. The van der Waals surface area contributed by atoms with Crippen LogP contribution in [0.2, 0.25) is 5.02 Å². The van der Waals surface area contributed by atoms with Crippen molar-refractivity contribution in [2.75, 3.05) is 30.9 Å². The van der Waals surface area contributed by atoms with Gasteiger partial charge in [0.25, 0.3) is 0 Å². The molecule has 0 aliphatic rings. The average Bonchev–Trinajstić information content (AvgIpc) is 2.44. The molecule has 0 amide bonds. The summed E-state index contributed by atoms with van der Waals surface area (Å²) in [6, 6.07) is 7.54. The number of ether oxygens (including phenoxy) is 1. The predicted octanol–water partition coefficient (Wildman–Crippen LogP) is 3.24. The molecule has 0 unspecified atom stereocenters. The van der Waals surface area contributed by atoms with E-state index in [1.165, 1.54) is 6.33 Å². The number of benzene rings is 1. The quantitative estimate of drug-likeness (QED) is 0.801. The second-order valence-electron chi connectivity index (χ2n) is 4.29. The van der Waals surface area contributed by atoms with Crippen molar-refractivity contribution in [1.29, 1.82) is 0 Å². The van der Waals surface area contributed by atoms with Crippen molar-refractivity contribution < 1.29 is 4.74 Å². The van der Waals surface area contributed by atoms with Crippen LogP contribution in [0.3, 0.4) is 0 Å². The Kier molecular flexibility index (Phi) is 5.15. The van der Waals surface area contributed by atoms with Crippen LogP contribution in [0.4, 0.5) is 17.3 Å². The van der Waals surface area contributed by atoms with Crippen molar-refractivity contribution in [2.24, 2.45) is 0 Å². The minimum Gasteiger partial charge on any atom is -0.383 e. The number of rotatable bonds is 6. The van der Waals surface area contributed by atoms with Crippen molar-refractivity contribution in [3.8, 4) is 0 Å². The average molecular weight is 293 g/mol. The molecule has 0 fully saturated rings. The fraction of sp³-hybridized carbons (Fsp3) is 0.286. The maximum absolute atomic E-state index is 6.00. The van der Waals surface area contributed by atoms with Gasteiger partial charge < -0.3 is 15.4 Å². The zero-order chi connectivity index (χ0) is 14.4. The molecule has 0 bridgehead atoms. The standard InChI is InChI=1S/C14H17ClN4O/c1-10-3-4-11(15)7-12(10)19-14-8-13(17-9-18-14)16-5-6-20-2/h3-4,7-9H,5-6H2,1-2H3,(H2,16,17,18,19). The van der Waals surface area contributed by atoms with Crippen molar-refractivity contribution in [2.45, 2.75) is 6.92 Å². The van der Waals surface area contributed by atoms with Gasteiger partial charge in [0.05, 0.1) is 6.61 Å². The topological polar surface area (TPSA) is 59.1 Å². The molecule has 0 saturated carbocycles. The molecule has 2 N–H and O–H groups in total. The van der Waals surface area contributed by atoms with Gasteiger partial charge >= 0.3 is 0 Å². The van der Waals surface area contributed by atoms with E-state index in [4.69, 9.17) is 16.3 Å². The van der Waals surface area contributed by atoms with Gasteiger partial charge in [-0.25, -0.2) is 9.97 Å². The molecular weight excluding hydrogens is 276 g/mol. The number of hydrogen-bond donors (Lipinski definition) is 2. The van der Waals surface area contributed by atoms with E-state index in [0.717, 1.165) is 17.1 Å². The smallest absolute Gasteiger partial charge is 0.135 e. The van der Waals surface area contributed by atoms with E-state index in [0.29, 0.717) is 24.0 Å². The Hall–Kier alpha value is -1.85. The van der Waals surface area contributed by atoms with Crippen LogP contribution in [0, 0.1) is 6.92 Å². The molecule has 6 heteroatoms. The summed E-state index contributed by atoms with van der Waals surface area (Å²) >= 11 is 6.00. The molecule has 20 heavy (non-hydrogen) atoms. The lowest BCUT2D eigenvalue weighted by molar-refractivity contribution is 0.210. The van der Waals surface area contributed by atoms with Gasteiger partial charge in [0.2, 0.25) is 0 Å². The first kappa shape index (κ1) is 14.6. The molecule has 0 atom stereocenters. The summed E-state index contributed by atoms with van der Waals surface area (Å²) in [7, 11) is 1.66. The number of hydrogen-bond acceptors (Lipinski definition) is 5. The van der Waals surface area contributed by atoms with Crippen LogP contribution in [0.1, 0.15) is 5.56 Å². The van der Waals surface area contributed by atoms with Crippen molar-refractivity contribution in [1.82, 2.24) is 9.97 Å². The second kappa shape index (κ2) is 7.07. The summed E-state index contributed by atoms with van der Waals surface area (Å²) in [6.45, 7) is 3.33. The number of halogens is 1. The Balaban J connectivity index is 2.09. The van der Waals surface area contributed by atoms with Crippen LogP contribution < -0.4 is 10.6 Å². The molecule has 0 spiro atoms. The van der Waals surface area contributed by atoms with Crippen LogP contribution >= 0.6 is 11.6 Å². The van der Waals surface area contributed by atoms with Crippen LogP contribution in [0.5, 0.6) is 0 Å². The van der Waals surface area contributed by atoms with E-state index in [2.05, 4.69) is 20.6 Å². The molecule has 1 aromatic carbocycles. The number of nitrogens with zero attached hydrogens (tertiary/aromatic N) is 2. The molecule has 0 aliphatic heterocycles. The van der Waals surface area contributed by atoms with Gasteiger partial charge in [0.1, 0.15) is 18.0 Å². The highest BCUT2D eigenvalue weighted by molar-refractivity contribution is 6.30. The fourth-order valence-electron chi connectivity index (χ4n) is 1.67. The normalized spacial score (nSPS) is 10.3. The highest BCUT2D eigenvalue weighted by Crippen LogP contribution is 2.23. The van der Waals surface area contributed by atoms with Gasteiger partial charge in [-0.05, 0) is 24.6 Å². The van der Waals surface area contributed by atoms with Gasteiger partial charge in [-0.3, -0.25) is 0 Å². The Bertz CT molecular complexity index is 577. The molecule has 0 radical (unpaired) electrons. The first-order valence-electron chi connectivity index (χ1n) is 6.27. The van der Waals surface area contributed by atoms with Crippen LogP contribution in [-0.4, -0.2) is 30.2 Å². The third-order valence-corrected chi connectivity index (χ3v) is 2.98. The number of methoxy groups -OCH3 is 1. The lowest BCUT2D eigenvalue weighted by Gasteiger charge is -2.10. The zero-order valence-corrected chi connectivity index (χ0v) is 12.2. The van der Waals surface area contributed by atoms with E-state index in [1.807, 2.05) is 31.2 Å². The van der Waals surface area contributed by atoms with E-state index in [1.54, 1.807) is 7.11 Å². The van der Waals surface area contributed by atoms with E-state index in [-0.39, 0.29) is 0 Å². The Morgan fingerprint density at radius 1 is 1.20 bits per heavy atom. The zero-order valence-electron chi connectivity index (χ0n) is 11.5.